The highest BCUT2D eigenvalue weighted by Crippen LogP contribution is 2.38. The number of rotatable bonds is 5. The summed E-state index contributed by atoms with van der Waals surface area (Å²) in [6.45, 7) is 0. The van der Waals surface area contributed by atoms with Crippen LogP contribution in [0.5, 0.6) is 0 Å². The number of nitrogens with zero attached hydrogens (tertiary/aromatic N) is 2. The van der Waals surface area contributed by atoms with E-state index in [4.69, 9.17) is 0 Å². The Morgan fingerprint density at radius 1 is 1.37 bits per heavy atom. The molecule has 0 bridgehead atoms. The van der Waals surface area contributed by atoms with Gasteiger partial charge in [0.25, 0.3) is 0 Å². The molecule has 1 aromatic heterocycles. The lowest BCUT2D eigenvalue weighted by Gasteiger charge is -2.02. The van der Waals surface area contributed by atoms with Crippen molar-refractivity contribution in [1.29, 1.82) is 0 Å². The molecule has 1 heterocycles. The number of nitrogens with one attached hydrogen (secondary N) is 2. The van der Waals surface area contributed by atoms with Gasteiger partial charge < -0.3 is 5.32 Å². The molecule has 1 amide bonds. The molecule has 1 aliphatic rings. The molecule has 98 valence electrons. The highest BCUT2D eigenvalue weighted by Gasteiger charge is 2.27. The van der Waals surface area contributed by atoms with Gasteiger partial charge in [-0.25, -0.2) is 4.98 Å². The van der Waals surface area contributed by atoms with Gasteiger partial charge in [0, 0.05) is 11.6 Å². The van der Waals surface area contributed by atoms with E-state index in [9.17, 15) is 4.79 Å². The van der Waals surface area contributed by atoms with Gasteiger partial charge in [-0.15, -0.1) is 5.10 Å². The van der Waals surface area contributed by atoms with Gasteiger partial charge >= 0.3 is 0 Å². The topological polar surface area (TPSA) is 70.7 Å². The molecule has 5 nitrogen and oxygen atoms in total. The van der Waals surface area contributed by atoms with Gasteiger partial charge in [-0.1, -0.05) is 30.0 Å². The third-order valence-corrected chi connectivity index (χ3v) is 3.68. The number of carbonyl (C=O) groups excluding carboxylic acids is 1. The van der Waals surface area contributed by atoms with Crippen LogP contribution in [0.3, 0.4) is 0 Å². The number of thioether (sulfide) groups is 1. The molecule has 0 radical (unpaired) electrons. The molecule has 0 atom stereocenters. The largest absolute Gasteiger partial charge is 0.325 e. The summed E-state index contributed by atoms with van der Waals surface area (Å²) in [6.07, 6.45) is 2.38. The molecule has 0 spiro atoms. The van der Waals surface area contributed by atoms with Crippen molar-refractivity contribution >= 4 is 23.4 Å². The van der Waals surface area contributed by atoms with Crippen LogP contribution in [0.1, 0.15) is 24.6 Å². The van der Waals surface area contributed by atoms with E-state index in [1.807, 2.05) is 30.3 Å². The predicted molar refractivity (Wildman–Crippen MR) is 74.2 cm³/mol. The Kier molecular flexibility index (Phi) is 3.50. The van der Waals surface area contributed by atoms with Crippen LogP contribution in [0.2, 0.25) is 0 Å². The first-order valence-corrected chi connectivity index (χ1v) is 7.20. The first-order chi connectivity index (χ1) is 9.31. The van der Waals surface area contributed by atoms with Gasteiger partial charge in [-0.05, 0) is 25.0 Å². The van der Waals surface area contributed by atoms with Crippen molar-refractivity contribution in [1.82, 2.24) is 15.2 Å². The number of aromatic nitrogens is 3. The van der Waals surface area contributed by atoms with Gasteiger partial charge in [0.05, 0.1) is 5.75 Å². The van der Waals surface area contributed by atoms with Crippen molar-refractivity contribution in [3.05, 3.63) is 36.2 Å². The summed E-state index contributed by atoms with van der Waals surface area (Å²) in [6, 6.07) is 9.42. The van der Waals surface area contributed by atoms with E-state index in [1.165, 1.54) is 24.6 Å². The van der Waals surface area contributed by atoms with Gasteiger partial charge in [-0.2, -0.15) is 0 Å². The van der Waals surface area contributed by atoms with Gasteiger partial charge in [0.2, 0.25) is 11.1 Å². The van der Waals surface area contributed by atoms with Crippen LogP contribution in [0, 0.1) is 0 Å². The molecule has 0 unspecified atom stereocenters. The van der Waals surface area contributed by atoms with Gasteiger partial charge in [0.15, 0.2) is 0 Å². The average molecular weight is 274 g/mol. The molecular formula is C13H14N4OS. The van der Waals surface area contributed by atoms with Crippen LogP contribution in [-0.4, -0.2) is 26.8 Å². The average Bonchev–Trinajstić information content (AvgIpc) is 3.17. The minimum absolute atomic E-state index is 0.0472. The Morgan fingerprint density at radius 3 is 2.89 bits per heavy atom. The Balaban J connectivity index is 1.49. The number of amides is 1. The molecule has 6 heteroatoms. The van der Waals surface area contributed by atoms with Crippen molar-refractivity contribution in [2.45, 2.75) is 23.9 Å². The number of hydrogen-bond donors (Lipinski definition) is 2. The number of carbonyl (C=O) groups is 1. The first-order valence-electron chi connectivity index (χ1n) is 6.21. The molecule has 1 aromatic carbocycles. The molecule has 1 saturated carbocycles. The SMILES string of the molecule is O=C(CSc1n[nH]c(C2CC2)n1)Nc1ccccc1. The van der Waals surface area contributed by atoms with E-state index in [1.54, 1.807) is 0 Å². The summed E-state index contributed by atoms with van der Waals surface area (Å²) in [4.78, 5) is 16.1. The molecule has 0 aliphatic heterocycles. The van der Waals surface area contributed by atoms with Crippen molar-refractivity contribution < 1.29 is 4.79 Å². The molecule has 0 saturated heterocycles. The Morgan fingerprint density at radius 2 is 2.16 bits per heavy atom. The molecule has 2 N–H and O–H groups in total. The number of benzene rings is 1. The number of hydrogen-bond acceptors (Lipinski definition) is 4. The Bertz CT molecular complexity index is 565. The molecular weight excluding hydrogens is 260 g/mol. The Labute approximate surface area is 115 Å². The van der Waals surface area contributed by atoms with E-state index in [0.717, 1.165) is 11.5 Å². The zero-order valence-corrected chi connectivity index (χ0v) is 11.1. The molecule has 1 fully saturated rings. The third-order valence-electron chi connectivity index (χ3n) is 2.84. The fourth-order valence-corrected chi connectivity index (χ4v) is 2.32. The summed E-state index contributed by atoms with van der Waals surface area (Å²) >= 11 is 1.35. The van der Waals surface area contributed by atoms with E-state index in [0.29, 0.717) is 16.8 Å². The van der Waals surface area contributed by atoms with E-state index < -0.39 is 0 Å². The summed E-state index contributed by atoms with van der Waals surface area (Å²) in [5.74, 6) is 1.77. The molecule has 2 aromatic rings. The van der Waals surface area contributed by atoms with Crippen LogP contribution < -0.4 is 5.32 Å². The summed E-state index contributed by atoms with van der Waals surface area (Å²) in [5, 5.41) is 10.5. The fourth-order valence-electron chi connectivity index (χ4n) is 1.71. The third kappa shape index (κ3) is 3.35. The van der Waals surface area contributed by atoms with E-state index >= 15 is 0 Å². The normalized spacial score (nSPS) is 14.3. The van der Waals surface area contributed by atoms with E-state index in [2.05, 4.69) is 20.5 Å². The molecule has 1 aliphatic carbocycles. The number of H-pyrrole nitrogens is 1. The second-order valence-electron chi connectivity index (χ2n) is 4.48. The van der Waals surface area contributed by atoms with Crippen molar-refractivity contribution in [2.75, 3.05) is 11.1 Å². The summed E-state index contributed by atoms with van der Waals surface area (Å²) in [5.41, 5.74) is 0.807. The number of anilines is 1. The second kappa shape index (κ2) is 5.44. The standard InChI is InChI=1S/C13H14N4OS/c18-11(14-10-4-2-1-3-5-10)8-19-13-15-12(16-17-13)9-6-7-9/h1-5,9H,6-8H2,(H,14,18)(H,15,16,17). The van der Waals surface area contributed by atoms with Crippen LogP contribution >= 0.6 is 11.8 Å². The fraction of sp³-hybridized carbons (Fsp3) is 0.308. The van der Waals surface area contributed by atoms with Crippen LogP contribution in [0.4, 0.5) is 5.69 Å². The van der Waals surface area contributed by atoms with Crippen molar-refractivity contribution in [3.63, 3.8) is 0 Å². The maximum atomic E-state index is 11.7. The van der Waals surface area contributed by atoms with E-state index in [-0.39, 0.29) is 5.91 Å². The molecule has 19 heavy (non-hydrogen) atoms. The summed E-state index contributed by atoms with van der Waals surface area (Å²) in [7, 11) is 0. The highest BCUT2D eigenvalue weighted by atomic mass is 32.2. The predicted octanol–water partition coefficient (Wildman–Crippen LogP) is 2.41. The van der Waals surface area contributed by atoms with Crippen molar-refractivity contribution in [3.8, 4) is 0 Å². The van der Waals surface area contributed by atoms with Crippen LogP contribution in [-0.2, 0) is 4.79 Å². The Hall–Kier alpha value is -1.82. The highest BCUT2D eigenvalue weighted by molar-refractivity contribution is 7.99. The minimum atomic E-state index is -0.0472. The number of aromatic amines is 1. The smallest absolute Gasteiger partial charge is 0.234 e. The minimum Gasteiger partial charge on any atom is -0.325 e. The van der Waals surface area contributed by atoms with Gasteiger partial charge in [-0.3, -0.25) is 9.89 Å². The maximum absolute atomic E-state index is 11.7. The van der Waals surface area contributed by atoms with Crippen LogP contribution in [0.15, 0.2) is 35.5 Å². The maximum Gasteiger partial charge on any atom is 0.234 e. The lowest BCUT2D eigenvalue weighted by atomic mass is 10.3. The lowest BCUT2D eigenvalue weighted by molar-refractivity contribution is -0.113. The van der Waals surface area contributed by atoms with Crippen LogP contribution in [0.25, 0.3) is 0 Å². The quantitative estimate of drug-likeness (QED) is 0.821. The second-order valence-corrected chi connectivity index (χ2v) is 5.42. The zero-order chi connectivity index (χ0) is 13.1. The summed E-state index contributed by atoms with van der Waals surface area (Å²) < 4.78 is 0. The monoisotopic (exact) mass is 274 g/mol. The van der Waals surface area contributed by atoms with Crippen molar-refractivity contribution in [2.24, 2.45) is 0 Å². The lowest BCUT2D eigenvalue weighted by Crippen LogP contribution is -2.13. The number of para-hydroxylation sites is 1. The molecule has 3 rings (SSSR count). The first kappa shape index (κ1) is 12.2. The van der Waals surface area contributed by atoms with Gasteiger partial charge in [0.1, 0.15) is 5.82 Å². The zero-order valence-electron chi connectivity index (χ0n) is 10.3.